The molecule has 9 heteroatoms. The van der Waals surface area contributed by atoms with Crippen molar-refractivity contribution in [3.63, 3.8) is 0 Å². The number of aromatic nitrogens is 3. The van der Waals surface area contributed by atoms with Crippen LogP contribution in [0.1, 0.15) is 12.7 Å². The molecule has 0 unspecified atom stereocenters. The zero-order valence-electron chi connectivity index (χ0n) is 14.0. The van der Waals surface area contributed by atoms with Crippen molar-refractivity contribution < 1.29 is 9.59 Å². The number of benzene rings is 1. The number of rotatable bonds is 6. The summed E-state index contributed by atoms with van der Waals surface area (Å²) in [6.45, 7) is 4.19. The fourth-order valence-electron chi connectivity index (χ4n) is 2.52. The summed E-state index contributed by atoms with van der Waals surface area (Å²) in [4.78, 5) is 29.4. The first kappa shape index (κ1) is 16.7. The molecule has 2 heterocycles. The molecule has 4 amide bonds. The smallest absolute Gasteiger partial charge is 0.319 e. The largest absolute Gasteiger partial charge is 0.336 e. The SMILES string of the molecule is CCc1nc(-c2cccc(NC(=O)NCCN3CCNC3=O)c2)n[nH]1. The molecule has 3 rings (SSSR count). The summed E-state index contributed by atoms with van der Waals surface area (Å²) in [6.07, 6.45) is 0.780. The van der Waals surface area contributed by atoms with Gasteiger partial charge in [0.1, 0.15) is 5.82 Å². The number of nitrogens with zero attached hydrogens (tertiary/aromatic N) is 3. The summed E-state index contributed by atoms with van der Waals surface area (Å²) in [6, 6.07) is 6.92. The van der Waals surface area contributed by atoms with Gasteiger partial charge in [0.05, 0.1) is 0 Å². The lowest BCUT2D eigenvalue weighted by Crippen LogP contribution is -2.38. The standard InChI is InChI=1S/C16H21N7O2/c1-2-13-20-14(22-21-13)11-4-3-5-12(10-11)19-15(24)17-6-8-23-9-7-18-16(23)25/h3-5,10H,2,6-9H2,1H3,(H,18,25)(H2,17,19,24)(H,20,21,22). The number of hydrogen-bond donors (Lipinski definition) is 4. The van der Waals surface area contributed by atoms with Crippen LogP contribution in [0.3, 0.4) is 0 Å². The molecule has 1 aliphatic rings. The molecule has 0 saturated carbocycles. The van der Waals surface area contributed by atoms with E-state index in [1.807, 2.05) is 25.1 Å². The minimum absolute atomic E-state index is 0.0899. The van der Waals surface area contributed by atoms with Crippen LogP contribution in [0.4, 0.5) is 15.3 Å². The maximum absolute atomic E-state index is 12.0. The van der Waals surface area contributed by atoms with Crippen LogP contribution in [0.15, 0.2) is 24.3 Å². The first-order valence-corrected chi connectivity index (χ1v) is 8.25. The van der Waals surface area contributed by atoms with Crippen LogP contribution >= 0.6 is 0 Å². The Bertz CT molecular complexity index is 758. The first-order valence-electron chi connectivity index (χ1n) is 8.25. The lowest BCUT2D eigenvalue weighted by molar-refractivity contribution is 0.216. The molecule has 1 aliphatic heterocycles. The molecule has 9 nitrogen and oxygen atoms in total. The molecule has 0 bridgehead atoms. The Morgan fingerprint density at radius 2 is 2.28 bits per heavy atom. The second kappa shape index (κ2) is 7.65. The highest BCUT2D eigenvalue weighted by Crippen LogP contribution is 2.19. The third kappa shape index (κ3) is 4.25. The van der Waals surface area contributed by atoms with E-state index in [9.17, 15) is 9.59 Å². The van der Waals surface area contributed by atoms with E-state index >= 15 is 0 Å². The van der Waals surface area contributed by atoms with Crippen molar-refractivity contribution >= 4 is 17.7 Å². The van der Waals surface area contributed by atoms with E-state index in [1.54, 1.807) is 11.0 Å². The molecule has 0 radical (unpaired) electrons. The molecule has 1 aromatic carbocycles. The van der Waals surface area contributed by atoms with Gasteiger partial charge in [-0.1, -0.05) is 19.1 Å². The van der Waals surface area contributed by atoms with E-state index < -0.39 is 0 Å². The Balaban J connectivity index is 1.52. The van der Waals surface area contributed by atoms with Crippen LogP contribution in [0.2, 0.25) is 0 Å². The predicted octanol–water partition coefficient (Wildman–Crippen LogP) is 1.18. The van der Waals surface area contributed by atoms with Gasteiger partial charge < -0.3 is 20.9 Å². The molecule has 25 heavy (non-hydrogen) atoms. The van der Waals surface area contributed by atoms with Gasteiger partial charge in [-0.15, -0.1) is 0 Å². The molecule has 1 saturated heterocycles. The van der Waals surface area contributed by atoms with Gasteiger partial charge in [0.2, 0.25) is 0 Å². The Kier molecular flexibility index (Phi) is 5.12. The van der Waals surface area contributed by atoms with Crippen LogP contribution < -0.4 is 16.0 Å². The number of carbonyl (C=O) groups excluding carboxylic acids is 2. The maximum atomic E-state index is 12.0. The van der Waals surface area contributed by atoms with E-state index in [-0.39, 0.29) is 12.1 Å². The van der Waals surface area contributed by atoms with Crippen LogP contribution in [0.5, 0.6) is 0 Å². The van der Waals surface area contributed by atoms with Gasteiger partial charge >= 0.3 is 12.1 Å². The van der Waals surface area contributed by atoms with E-state index in [2.05, 4.69) is 31.1 Å². The lowest BCUT2D eigenvalue weighted by Gasteiger charge is -2.14. The van der Waals surface area contributed by atoms with Crippen molar-refractivity contribution in [3.05, 3.63) is 30.1 Å². The van der Waals surface area contributed by atoms with Gasteiger partial charge in [-0.2, -0.15) is 5.10 Å². The minimum Gasteiger partial charge on any atom is -0.336 e. The highest BCUT2D eigenvalue weighted by atomic mass is 16.2. The van der Waals surface area contributed by atoms with Gasteiger partial charge in [-0.25, -0.2) is 14.6 Å². The fourth-order valence-corrected chi connectivity index (χ4v) is 2.52. The topological polar surface area (TPSA) is 115 Å². The Morgan fingerprint density at radius 1 is 1.40 bits per heavy atom. The average molecular weight is 343 g/mol. The second-order valence-electron chi connectivity index (χ2n) is 5.64. The van der Waals surface area contributed by atoms with E-state index in [4.69, 9.17) is 0 Å². The molecule has 1 aromatic heterocycles. The van der Waals surface area contributed by atoms with Gasteiger partial charge in [0.25, 0.3) is 0 Å². The van der Waals surface area contributed by atoms with Gasteiger partial charge in [0.15, 0.2) is 5.82 Å². The summed E-state index contributed by atoms with van der Waals surface area (Å²) in [5.74, 6) is 1.41. The number of carbonyl (C=O) groups is 2. The molecule has 0 spiro atoms. The van der Waals surface area contributed by atoms with Crippen molar-refractivity contribution in [2.75, 3.05) is 31.5 Å². The number of aryl methyl sites for hydroxylation is 1. The fraction of sp³-hybridized carbons (Fsp3) is 0.375. The molecule has 0 atom stereocenters. The summed E-state index contributed by atoms with van der Waals surface area (Å²) >= 11 is 0. The summed E-state index contributed by atoms with van der Waals surface area (Å²) < 4.78 is 0. The highest BCUT2D eigenvalue weighted by Gasteiger charge is 2.18. The Morgan fingerprint density at radius 3 is 3.00 bits per heavy atom. The van der Waals surface area contributed by atoms with E-state index in [1.165, 1.54) is 0 Å². The highest BCUT2D eigenvalue weighted by molar-refractivity contribution is 5.90. The number of H-pyrrole nitrogens is 1. The molecule has 1 fully saturated rings. The third-order valence-corrected chi connectivity index (χ3v) is 3.86. The van der Waals surface area contributed by atoms with Crippen molar-refractivity contribution in [1.82, 2.24) is 30.7 Å². The lowest BCUT2D eigenvalue weighted by atomic mass is 10.2. The summed E-state index contributed by atoms with van der Waals surface area (Å²) in [5.41, 5.74) is 1.47. The van der Waals surface area contributed by atoms with Crippen molar-refractivity contribution in [3.8, 4) is 11.4 Å². The number of amides is 4. The maximum Gasteiger partial charge on any atom is 0.319 e. The minimum atomic E-state index is -0.319. The van der Waals surface area contributed by atoms with Crippen LogP contribution in [-0.2, 0) is 6.42 Å². The Labute approximate surface area is 145 Å². The summed E-state index contributed by atoms with van der Waals surface area (Å²) in [7, 11) is 0. The molecule has 2 aromatic rings. The van der Waals surface area contributed by atoms with E-state index in [0.29, 0.717) is 37.7 Å². The number of anilines is 1. The van der Waals surface area contributed by atoms with Crippen LogP contribution in [-0.4, -0.2) is 58.3 Å². The monoisotopic (exact) mass is 343 g/mol. The van der Waals surface area contributed by atoms with Crippen LogP contribution in [0.25, 0.3) is 11.4 Å². The number of urea groups is 2. The van der Waals surface area contributed by atoms with Crippen LogP contribution in [0, 0.1) is 0 Å². The van der Waals surface area contributed by atoms with Gasteiger partial charge in [0, 0.05) is 43.9 Å². The molecule has 132 valence electrons. The van der Waals surface area contributed by atoms with Crippen molar-refractivity contribution in [2.45, 2.75) is 13.3 Å². The normalized spacial score (nSPS) is 13.6. The summed E-state index contributed by atoms with van der Waals surface area (Å²) in [5, 5.41) is 15.3. The second-order valence-corrected chi connectivity index (χ2v) is 5.64. The third-order valence-electron chi connectivity index (χ3n) is 3.86. The molecular formula is C16H21N7O2. The first-order chi connectivity index (χ1) is 12.2. The van der Waals surface area contributed by atoms with Crippen molar-refractivity contribution in [2.24, 2.45) is 0 Å². The van der Waals surface area contributed by atoms with Crippen molar-refractivity contribution in [1.29, 1.82) is 0 Å². The number of hydrogen-bond acceptors (Lipinski definition) is 4. The molecular weight excluding hydrogens is 322 g/mol. The number of nitrogens with one attached hydrogen (secondary N) is 4. The van der Waals surface area contributed by atoms with Gasteiger partial charge in [-0.05, 0) is 12.1 Å². The molecule has 4 N–H and O–H groups in total. The van der Waals surface area contributed by atoms with E-state index in [0.717, 1.165) is 17.8 Å². The number of aromatic amines is 1. The molecule has 0 aliphatic carbocycles. The predicted molar refractivity (Wildman–Crippen MR) is 93.2 cm³/mol. The Hall–Kier alpha value is -3.10. The average Bonchev–Trinajstić information content (AvgIpc) is 3.24. The van der Waals surface area contributed by atoms with Gasteiger partial charge in [-0.3, -0.25) is 5.10 Å². The quantitative estimate of drug-likeness (QED) is 0.630. The zero-order chi connectivity index (χ0) is 17.6. The zero-order valence-corrected chi connectivity index (χ0v) is 14.0.